The van der Waals surface area contributed by atoms with Gasteiger partial charge in [0, 0.05) is 28.2 Å². The Balaban J connectivity index is 1.78. The summed E-state index contributed by atoms with van der Waals surface area (Å²) >= 11 is 12.9. The number of halogens is 5. The quantitative estimate of drug-likeness (QED) is 0.222. The molecule has 2 amide bonds. The molecule has 1 aliphatic carbocycles. The molecule has 0 aliphatic heterocycles. The number of nitrogens with one attached hydrogen (secondary N) is 1. The fourth-order valence-corrected chi connectivity index (χ4v) is 7.44. The van der Waals surface area contributed by atoms with Crippen molar-refractivity contribution >= 4 is 50.7 Å². The molecule has 0 heterocycles. The number of carbonyl (C=O) groups is 2. The summed E-state index contributed by atoms with van der Waals surface area (Å²) in [5.41, 5.74) is -0.341. The summed E-state index contributed by atoms with van der Waals surface area (Å²) in [5.74, 6) is -1.24. The van der Waals surface area contributed by atoms with E-state index in [2.05, 4.69) is 5.32 Å². The Bertz CT molecular complexity index is 1630. The maximum Gasteiger partial charge on any atom is 0.416 e. The van der Waals surface area contributed by atoms with Crippen LogP contribution in [0.5, 0.6) is 0 Å². The van der Waals surface area contributed by atoms with Crippen LogP contribution < -0.4 is 9.62 Å². The Hall–Kier alpha value is -3.28. The molecular weight excluding hydrogens is 662 g/mol. The van der Waals surface area contributed by atoms with E-state index in [4.69, 9.17) is 23.2 Å². The van der Waals surface area contributed by atoms with Crippen molar-refractivity contribution in [3.05, 3.63) is 93.5 Å². The van der Waals surface area contributed by atoms with Gasteiger partial charge in [-0.05, 0) is 68.7 Å². The van der Waals surface area contributed by atoms with Gasteiger partial charge in [0.25, 0.3) is 10.0 Å². The number of hydrogen-bond acceptors (Lipinski definition) is 4. The average Bonchev–Trinajstić information content (AvgIpc) is 3.01. The van der Waals surface area contributed by atoms with Gasteiger partial charge in [-0.2, -0.15) is 13.2 Å². The van der Waals surface area contributed by atoms with Gasteiger partial charge in [-0.25, -0.2) is 8.42 Å². The lowest BCUT2D eigenvalue weighted by molar-refractivity contribution is -0.140. The molecule has 0 bridgehead atoms. The minimum Gasteiger partial charge on any atom is -0.352 e. The van der Waals surface area contributed by atoms with E-state index >= 15 is 0 Å². The molecule has 1 aliphatic rings. The fourth-order valence-electron chi connectivity index (χ4n) is 5.52. The summed E-state index contributed by atoms with van der Waals surface area (Å²) in [4.78, 5) is 29.0. The molecular formula is C33H36Cl2F3N3O4S. The molecule has 46 heavy (non-hydrogen) atoms. The van der Waals surface area contributed by atoms with E-state index in [1.165, 1.54) is 23.1 Å². The second kappa shape index (κ2) is 15.1. The number of anilines is 1. The van der Waals surface area contributed by atoms with Crippen molar-refractivity contribution in [1.82, 2.24) is 10.2 Å². The number of alkyl halides is 3. The standard InChI is InChI=1S/C33H36Cl2F3N3O4S/c1-3-30(32(43)39-24-10-5-4-6-11-24)40(20-27-28(34)13-8-14-29(27)35)31(42)21-41(25-12-7-9-23(19-25)33(36,37)38)46(44,45)26-17-15-22(2)16-18-26/h7-9,12-19,24,30H,3-6,10-11,20-21H2,1-2H3,(H,39,43)/t30-/m1/s1. The van der Waals surface area contributed by atoms with Crippen LogP contribution in [0.4, 0.5) is 18.9 Å². The second-order valence-electron chi connectivity index (χ2n) is 11.4. The zero-order chi connectivity index (χ0) is 33.6. The van der Waals surface area contributed by atoms with Crippen molar-refractivity contribution in [3.8, 4) is 0 Å². The Morgan fingerprint density at radius 1 is 0.957 bits per heavy atom. The molecule has 1 atom stereocenters. The molecule has 248 valence electrons. The van der Waals surface area contributed by atoms with E-state index in [1.54, 1.807) is 44.2 Å². The lowest BCUT2D eigenvalue weighted by Gasteiger charge is -2.35. The lowest BCUT2D eigenvalue weighted by atomic mass is 9.95. The van der Waals surface area contributed by atoms with Crippen LogP contribution in [0.25, 0.3) is 0 Å². The first-order chi connectivity index (χ1) is 21.7. The molecule has 0 aromatic heterocycles. The van der Waals surface area contributed by atoms with Gasteiger partial charge in [0.15, 0.2) is 0 Å². The van der Waals surface area contributed by atoms with Crippen LogP contribution in [-0.4, -0.2) is 43.8 Å². The minimum absolute atomic E-state index is 0.0697. The third-order valence-corrected chi connectivity index (χ3v) is 10.6. The summed E-state index contributed by atoms with van der Waals surface area (Å²) in [6.07, 6.45) is -0.0165. The number of aryl methyl sites for hydroxylation is 1. The largest absolute Gasteiger partial charge is 0.416 e. The van der Waals surface area contributed by atoms with Crippen molar-refractivity contribution in [3.63, 3.8) is 0 Å². The molecule has 13 heteroatoms. The first-order valence-corrected chi connectivity index (χ1v) is 17.2. The number of benzene rings is 3. The van der Waals surface area contributed by atoms with Crippen LogP contribution in [0.1, 0.15) is 62.1 Å². The Morgan fingerprint density at radius 2 is 1.57 bits per heavy atom. The van der Waals surface area contributed by atoms with Gasteiger partial charge < -0.3 is 10.2 Å². The van der Waals surface area contributed by atoms with E-state index in [1.807, 2.05) is 0 Å². The number of sulfonamides is 1. The topological polar surface area (TPSA) is 86.8 Å². The summed E-state index contributed by atoms with van der Waals surface area (Å²) in [6, 6.07) is 13.2. The fraction of sp³-hybridized carbons (Fsp3) is 0.394. The van der Waals surface area contributed by atoms with E-state index in [0.717, 1.165) is 49.8 Å². The Kier molecular flexibility index (Phi) is 11.7. The van der Waals surface area contributed by atoms with Gasteiger partial charge in [0.1, 0.15) is 12.6 Å². The van der Waals surface area contributed by atoms with Crippen molar-refractivity contribution < 1.29 is 31.2 Å². The molecule has 3 aromatic rings. The van der Waals surface area contributed by atoms with Crippen LogP contribution in [-0.2, 0) is 32.3 Å². The SMILES string of the molecule is CC[C@H](C(=O)NC1CCCCC1)N(Cc1c(Cl)cccc1Cl)C(=O)CN(c1cccc(C(F)(F)F)c1)S(=O)(=O)c1ccc(C)cc1. The van der Waals surface area contributed by atoms with Crippen molar-refractivity contribution in [2.45, 2.75) is 82.1 Å². The van der Waals surface area contributed by atoms with Gasteiger partial charge in [-0.15, -0.1) is 0 Å². The van der Waals surface area contributed by atoms with Gasteiger partial charge in [0.05, 0.1) is 16.1 Å². The Morgan fingerprint density at radius 3 is 2.15 bits per heavy atom. The predicted octanol–water partition coefficient (Wildman–Crippen LogP) is 7.77. The van der Waals surface area contributed by atoms with Crippen LogP contribution >= 0.6 is 23.2 Å². The van der Waals surface area contributed by atoms with E-state index in [0.29, 0.717) is 15.9 Å². The maximum atomic E-state index is 14.3. The highest BCUT2D eigenvalue weighted by molar-refractivity contribution is 7.92. The van der Waals surface area contributed by atoms with Gasteiger partial charge >= 0.3 is 6.18 Å². The zero-order valence-corrected chi connectivity index (χ0v) is 27.8. The molecule has 1 N–H and O–H groups in total. The van der Waals surface area contributed by atoms with Crippen LogP contribution in [0, 0.1) is 6.92 Å². The lowest BCUT2D eigenvalue weighted by Crippen LogP contribution is -2.54. The first kappa shape index (κ1) is 35.6. The van der Waals surface area contributed by atoms with Crippen LogP contribution in [0.3, 0.4) is 0 Å². The molecule has 3 aromatic carbocycles. The highest BCUT2D eigenvalue weighted by Crippen LogP contribution is 2.34. The third kappa shape index (κ3) is 8.54. The summed E-state index contributed by atoms with van der Waals surface area (Å²) < 4.78 is 69.9. The van der Waals surface area contributed by atoms with Crippen molar-refractivity contribution in [2.24, 2.45) is 0 Å². The number of nitrogens with zero attached hydrogens (tertiary/aromatic N) is 2. The Labute approximate surface area is 277 Å². The maximum absolute atomic E-state index is 14.3. The molecule has 1 saturated carbocycles. The summed E-state index contributed by atoms with van der Waals surface area (Å²) in [6.45, 7) is 2.33. The van der Waals surface area contributed by atoms with Crippen LogP contribution in [0.2, 0.25) is 10.0 Å². The van der Waals surface area contributed by atoms with Crippen LogP contribution in [0.15, 0.2) is 71.6 Å². The molecule has 0 radical (unpaired) electrons. The van der Waals surface area contributed by atoms with Crippen molar-refractivity contribution in [1.29, 1.82) is 0 Å². The van der Waals surface area contributed by atoms with E-state index in [-0.39, 0.29) is 39.6 Å². The first-order valence-electron chi connectivity index (χ1n) is 15.0. The number of amides is 2. The number of carbonyl (C=O) groups excluding carboxylic acids is 2. The normalized spacial score (nSPS) is 14.8. The van der Waals surface area contributed by atoms with Gasteiger partial charge in [-0.1, -0.05) is 79.2 Å². The minimum atomic E-state index is -4.77. The molecule has 0 saturated heterocycles. The molecule has 4 rings (SSSR count). The molecule has 1 fully saturated rings. The van der Waals surface area contributed by atoms with Gasteiger partial charge in [-0.3, -0.25) is 13.9 Å². The number of rotatable bonds is 11. The van der Waals surface area contributed by atoms with Crippen molar-refractivity contribution in [2.75, 3.05) is 10.8 Å². The third-order valence-electron chi connectivity index (χ3n) is 8.08. The summed E-state index contributed by atoms with van der Waals surface area (Å²) in [5, 5.41) is 3.50. The van der Waals surface area contributed by atoms with E-state index in [9.17, 15) is 31.2 Å². The van der Waals surface area contributed by atoms with Gasteiger partial charge in [0.2, 0.25) is 11.8 Å². The molecule has 7 nitrogen and oxygen atoms in total. The summed E-state index contributed by atoms with van der Waals surface area (Å²) in [7, 11) is -4.56. The molecule has 0 unspecified atom stereocenters. The molecule has 0 spiro atoms. The average molecular weight is 699 g/mol. The highest BCUT2D eigenvalue weighted by atomic mass is 35.5. The van der Waals surface area contributed by atoms with E-state index < -0.39 is 46.2 Å². The second-order valence-corrected chi connectivity index (χ2v) is 14.0. The number of hydrogen-bond donors (Lipinski definition) is 1. The predicted molar refractivity (Wildman–Crippen MR) is 173 cm³/mol. The zero-order valence-electron chi connectivity index (χ0n) is 25.5. The monoisotopic (exact) mass is 697 g/mol. The smallest absolute Gasteiger partial charge is 0.352 e. The highest BCUT2D eigenvalue weighted by Gasteiger charge is 2.36.